The standard InChI is InChI=1S/C53H49BrO8Si/c1-55-39-24-36-41(57-3)26-38(54)52(61-28-30-16-12-10-13-17-30)48(36)44-32(39)20-22-34-46(44)47-35(51(60-6)50(34)59-5)23-21-33-40(56-2)25-37-42(58-4)27-43(63(7,8)9)53(49(37)45(33)47)62-29-31-18-14-11-15-19-31/h10-27H,28-29H2,1-9H3. The van der Waals surface area contributed by atoms with E-state index in [4.69, 9.17) is 37.9 Å². The van der Waals surface area contributed by atoms with Gasteiger partial charge in [0, 0.05) is 64.6 Å². The lowest BCUT2D eigenvalue weighted by molar-refractivity contribution is 0.308. The lowest BCUT2D eigenvalue weighted by Gasteiger charge is -2.26. The van der Waals surface area contributed by atoms with E-state index in [-0.39, 0.29) is 0 Å². The third-order valence-corrected chi connectivity index (χ3v) is 14.6. The Morgan fingerprint density at radius 1 is 0.381 bits per heavy atom. The molecular weight excluding hydrogens is 873 g/mol. The van der Waals surface area contributed by atoms with Crippen LogP contribution >= 0.6 is 15.9 Å². The molecule has 9 rings (SSSR count). The van der Waals surface area contributed by atoms with Crippen LogP contribution in [0.4, 0.5) is 0 Å². The second kappa shape index (κ2) is 16.7. The summed E-state index contributed by atoms with van der Waals surface area (Å²) in [5.74, 6) is 5.43. The number of ether oxygens (including phenoxy) is 8. The first kappa shape index (κ1) is 42.0. The zero-order valence-corrected chi connectivity index (χ0v) is 39.5. The minimum Gasteiger partial charge on any atom is -0.496 e. The van der Waals surface area contributed by atoms with Gasteiger partial charge in [-0.2, -0.15) is 0 Å². The molecule has 0 N–H and O–H groups in total. The van der Waals surface area contributed by atoms with E-state index in [2.05, 4.69) is 96.2 Å². The van der Waals surface area contributed by atoms with E-state index in [0.29, 0.717) is 47.7 Å². The predicted octanol–water partition coefficient (Wildman–Crippen LogP) is 13.1. The van der Waals surface area contributed by atoms with Crippen LogP contribution in [0.25, 0.3) is 64.6 Å². The summed E-state index contributed by atoms with van der Waals surface area (Å²) in [5.41, 5.74) is 2.10. The van der Waals surface area contributed by atoms with Gasteiger partial charge in [-0.05, 0) is 80.8 Å². The molecule has 10 heteroatoms. The van der Waals surface area contributed by atoms with Gasteiger partial charge < -0.3 is 37.9 Å². The van der Waals surface area contributed by atoms with Crippen LogP contribution in [0.5, 0.6) is 46.0 Å². The first-order valence-corrected chi connectivity index (χ1v) is 25.1. The lowest BCUT2D eigenvalue weighted by Crippen LogP contribution is -2.39. The number of fused-ring (bicyclic) bond motifs is 11. The van der Waals surface area contributed by atoms with Crippen molar-refractivity contribution < 1.29 is 37.9 Å². The second-order valence-corrected chi connectivity index (χ2v) is 22.4. The number of halogens is 1. The van der Waals surface area contributed by atoms with Crippen molar-refractivity contribution in [2.75, 3.05) is 42.7 Å². The molecule has 0 aromatic heterocycles. The Balaban J connectivity index is 1.60. The smallest absolute Gasteiger partial charge is 0.169 e. The Hall–Kier alpha value is -6.36. The molecule has 8 nitrogen and oxygen atoms in total. The number of hydrogen-bond acceptors (Lipinski definition) is 8. The highest BCUT2D eigenvalue weighted by atomic mass is 79.9. The first-order valence-electron chi connectivity index (χ1n) is 20.8. The van der Waals surface area contributed by atoms with Crippen molar-refractivity contribution in [3.8, 4) is 46.0 Å². The summed E-state index contributed by atoms with van der Waals surface area (Å²) in [6.45, 7) is 7.72. The Morgan fingerprint density at radius 2 is 0.762 bits per heavy atom. The molecule has 0 bridgehead atoms. The summed E-state index contributed by atoms with van der Waals surface area (Å²) >= 11 is 3.92. The molecule has 0 heterocycles. The van der Waals surface area contributed by atoms with Gasteiger partial charge in [0.05, 0.1) is 55.2 Å². The average Bonchev–Trinajstić information content (AvgIpc) is 3.30. The minimum atomic E-state index is -2.13. The third-order valence-electron chi connectivity index (χ3n) is 12.0. The van der Waals surface area contributed by atoms with Gasteiger partial charge in [0.1, 0.15) is 47.7 Å². The molecule has 0 saturated carbocycles. The van der Waals surface area contributed by atoms with Gasteiger partial charge in [-0.25, -0.2) is 0 Å². The molecule has 0 fully saturated rings. The van der Waals surface area contributed by atoms with Crippen LogP contribution in [0.15, 0.2) is 114 Å². The number of hydrogen-bond donors (Lipinski definition) is 0. The van der Waals surface area contributed by atoms with Gasteiger partial charge in [0.2, 0.25) is 0 Å². The van der Waals surface area contributed by atoms with Gasteiger partial charge in [0.25, 0.3) is 0 Å². The average molecular weight is 922 g/mol. The summed E-state index contributed by atoms with van der Waals surface area (Å²) in [4.78, 5) is 0. The van der Waals surface area contributed by atoms with Crippen LogP contribution in [0.2, 0.25) is 19.6 Å². The zero-order valence-electron chi connectivity index (χ0n) is 37.0. The minimum absolute atomic E-state index is 0.337. The highest BCUT2D eigenvalue weighted by Gasteiger charge is 2.31. The predicted molar refractivity (Wildman–Crippen MR) is 263 cm³/mol. The van der Waals surface area contributed by atoms with E-state index in [1.54, 1.807) is 42.7 Å². The fourth-order valence-corrected chi connectivity index (χ4v) is 11.1. The van der Waals surface area contributed by atoms with Gasteiger partial charge in [-0.3, -0.25) is 0 Å². The Bertz CT molecular complexity index is 3240. The maximum Gasteiger partial charge on any atom is 0.169 e. The first-order chi connectivity index (χ1) is 30.6. The summed E-state index contributed by atoms with van der Waals surface area (Å²) in [5, 5.41) is 11.7. The van der Waals surface area contributed by atoms with E-state index < -0.39 is 8.07 Å². The molecule has 63 heavy (non-hydrogen) atoms. The lowest BCUT2D eigenvalue weighted by atomic mass is 9.87. The highest BCUT2D eigenvalue weighted by Crippen LogP contribution is 2.56. The van der Waals surface area contributed by atoms with Crippen molar-refractivity contribution in [1.82, 2.24) is 0 Å². The molecule has 0 aliphatic heterocycles. The van der Waals surface area contributed by atoms with Crippen molar-refractivity contribution in [1.29, 1.82) is 0 Å². The SMILES string of the molecule is COc1cc(Br)c(OCc2ccccc2)c2c1cc(OC)c1ccc3c(OC)c(OC)c4ccc5c(OC)cc6c(OC)cc([Si](C)(C)C)c(OCc7ccccc7)c6c5c4c3c12. The highest BCUT2D eigenvalue weighted by molar-refractivity contribution is 9.10. The molecule has 0 aliphatic rings. The summed E-state index contributed by atoms with van der Waals surface area (Å²) in [6.07, 6.45) is 0. The van der Waals surface area contributed by atoms with Crippen molar-refractivity contribution in [2.45, 2.75) is 32.9 Å². The topological polar surface area (TPSA) is 73.8 Å². The molecule has 0 atom stereocenters. The van der Waals surface area contributed by atoms with Crippen molar-refractivity contribution >= 4 is 93.8 Å². The third kappa shape index (κ3) is 6.96. The summed E-state index contributed by atoms with van der Waals surface area (Å²) in [7, 11) is 8.06. The molecule has 0 saturated heterocycles. The fourth-order valence-electron chi connectivity index (χ4n) is 9.14. The Labute approximate surface area is 376 Å². The van der Waals surface area contributed by atoms with Crippen molar-refractivity contribution in [3.05, 3.63) is 125 Å². The summed E-state index contributed by atoms with van der Waals surface area (Å²) < 4.78 is 52.5. The van der Waals surface area contributed by atoms with Crippen LogP contribution in [0, 0.1) is 0 Å². The number of rotatable bonds is 13. The Kier molecular flexibility index (Phi) is 11.1. The van der Waals surface area contributed by atoms with Gasteiger partial charge in [-0.15, -0.1) is 0 Å². The van der Waals surface area contributed by atoms with Crippen molar-refractivity contribution in [3.63, 3.8) is 0 Å². The van der Waals surface area contributed by atoms with E-state index in [9.17, 15) is 0 Å². The van der Waals surface area contributed by atoms with E-state index in [1.807, 2.05) is 48.5 Å². The number of methoxy groups -OCH3 is 6. The largest absolute Gasteiger partial charge is 0.496 e. The van der Waals surface area contributed by atoms with Crippen LogP contribution in [-0.4, -0.2) is 50.7 Å². The summed E-state index contributed by atoms with van der Waals surface area (Å²) in [6, 6.07) is 37.1. The van der Waals surface area contributed by atoms with Crippen molar-refractivity contribution in [2.24, 2.45) is 0 Å². The van der Waals surface area contributed by atoms with Gasteiger partial charge in [-0.1, -0.05) is 80.3 Å². The quantitative estimate of drug-likeness (QED) is 0.0836. The van der Waals surface area contributed by atoms with Crippen LogP contribution in [0.3, 0.4) is 0 Å². The molecule has 9 aromatic rings. The number of benzene rings is 9. The van der Waals surface area contributed by atoms with Crippen LogP contribution in [-0.2, 0) is 13.2 Å². The van der Waals surface area contributed by atoms with Gasteiger partial charge >= 0.3 is 0 Å². The molecule has 9 aromatic carbocycles. The molecule has 0 unspecified atom stereocenters. The molecule has 0 aliphatic carbocycles. The molecule has 0 radical (unpaired) electrons. The monoisotopic (exact) mass is 920 g/mol. The zero-order chi connectivity index (χ0) is 44.2. The normalized spacial score (nSPS) is 11.8. The van der Waals surface area contributed by atoms with Crippen LogP contribution in [0.1, 0.15) is 11.1 Å². The second-order valence-electron chi connectivity index (χ2n) is 16.5. The molecule has 320 valence electrons. The van der Waals surface area contributed by atoms with E-state index >= 15 is 0 Å². The molecular formula is C53H49BrO8Si. The van der Waals surface area contributed by atoms with Gasteiger partial charge in [0.15, 0.2) is 11.5 Å². The fraction of sp³-hybridized carbons (Fsp3) is 0.208. The maximum atomic E-state index is 7.16. The molecule has 0 spiro atoms. The Morgan fingerprint density at radius 3 is 1.19 bits per heavy atom. The van der Waals surface area contributed by atoms with Crippen LogP contribution < -0.4 is 43.1 Å². The van der Waals surface area contributed by atoms with E-state index in [0.717, 1.165) is 96.9 Å². The molecule has 0 amide bonds. The van der Waals surface area contributed by atoms with E-state index in [1.165, 1.54) is 0 Å². The maximum absolute atomic E-state index is 7.16.